The van der Waals surface area contributed by atoms with Gasteiger partial charge in [0, 0.05) is 43.9 Å². The molecule has 19 nitrogen and oxygen atoms in total. The predicted molar refractivity (Wildman–Crippen MR) is 228 cm³/mol. The van der Waals surface area contributed by atoms with Crippen LogP contribution in [0.5, 0.6) is 0 Å². The molecule has 0 radical (unpaired) electrons. The number of nitrogens with one attached hydrogen (secondary N) is 4. The summed E-state index contributed by atoms with van der Waals surface area (Å²) in [6.45, 7) is 9.23. The molecule has 0 aliphatic rings. The summed E-state index contributed by atoms with van der Waals surface area (Å²) in [5, 5.41) is 8.33. The van der Waals surface area contributed by atoms with Crippen molar-refractivity contribution in [3.63, 3.8) is 0 Å². The minimum absolute atomic E-state index is 0. The number of fused-ring (bicyclic) bond motifs is 2. The quantitative estimate of drug-likeness (QED) is 0.0563. The summed E-state index contributed by atoms with van der Waals surface area (Å²) in [4.78, 5) is 37.8. The van der Waals surface area contributed by atoms with Crippen molar-refractivity contribution in [1.82, 2.24) is 0 Å². The van der Waals surface area contributed by atoms with E-state index in [2.05, 4.69) is 27.3 Å². The van der Waals surface area contributed by atoms with Gasteiger partial charge in [0.05, 0.1) is 25.6 Å². The van der Waals surface area contributed by atoms with E-state index in [9.17, 15) is 66.3 Å². The van der Waals surface area contributed by atoms with Crippen LogP contribution in [0, 0.1) is 47.6 Å². The summed E-state index contributed by atoms with van der Waals surface area (Å²) in [6.07, 6.45) is 0. The van der Waals surface area contributed by atoms with Crippen molar-refractivity contribution < 1.29 is 214 Å². The molecule has 69 heavy (non-hydrogen) atoms. The molecule has 0 heterocycles. The van der Waals surface area contributed by atoms with E-state index in [0.29, 0.717) is 22.3 Å². The van der Waals surface area contributed by atoms with Crippen LogP contribution in [0.25, 0.3) is 21.5 Å². The molecule has 6 rings (SSSR count). The number of anilines is 4. The summed E-state index contributed by atoms with van der Waals surface area (Å²) in [6, 6.07) is 13.4. The van der Waals surface area contributed by atoms with Crippen LogP contribution in [0.1, 0.15) is 54.1 Å². The molecule has 0 aliphatic heterocycles. The van der Waals surface area contributed by atoms with Crippen LogP contribution >= 0.6 is 0 Å². The first-order valence-corrected chi connectivity index (χ1v) is 23.9. The maximum atomic E-state index is 13.9. The maximum Gasteiger partial charge on any atom is 1.00 e. The van der Waals surface area contributed by atoms with Gasteiger partial charge in [0.2, 0.25) is 0 Å². The second-order valence-electron chi connectivity index (χ2n) is 14.7. The Morgan fingerprint density at radius 2 is 0.942 bits per heavy atom. The van der Waals surface area contributed by atoms with Gasteiger partial charge in [0.15, 0.2) is 0 Å². The number of aryl methyl sites for hydroxylation is 5. The van der Waals surface area contributed by atoms with Crippen molar-refractivity contribution in [1.29, 1.82) is 0 Å². The second kappa shape index (κ2) is 24.8. The minimum Gasteiger partial charge on any atom is -0.754 e. The summed E-state index contributed by atoms with van der Waals surface area (Å²) in [5.41, 5.74) is 1.55. The fourth-order valence-electron chi connectivity index (χ4n) is 7.48. The number of carbonyl (C=O) groups is 3. The second-order valence-corrected chi connectivity index (χ2v) is 20.1. The fourth-order valence-corrected chi connectivity index (χ4v) is 10.3. The average Bonchev–Trinajstić information content (AvgIpc) is 3.15. The first kappa shape index (κ1) is 65.7. The van der Waals surface area contributed by atoms with Crippen LogP contribution in [0.15, 0.2) is 86.3 Å². The van der Waals surface area contributed by atoms with Gasteiger partial charge in [-0.3, -0.25) is 18.0 Å². The van der Waals surface area contributed by atoms with Crippen LogP contribution < -0.4 is 169 Å². The van der Waals surface area contributed by atoms with Crippen LogP contribution in [-0.2, 0) is 40.5 Å². The Morgan fingerprint density at radius 1 is 0.464 bits per heavy atom. The van der Waals surface area contributed by atoms with Gasteiger partial charge in [0.25, 0.3) is 11.8 Å². The molecule has 6 aromatic rings. The number of hydrogen-bond acceptors (Lipinski definition) is 15. The molecule has 0 unspecified atom stereocenters. The van der Waals surface area contributed by atoms with Gasteiger partial charge in [-0.1, -0.05) is 29.7 Å². The van der Waals surface area contributed by atoms with Crippen LogP contribution in [0.2, 0.25) is 0 Å². The molecule has 0 saturated heterocycles. The van der Waals surface area contributed by atoms with E-state index in [1.54, 1.807) is 39.8 Å². The zero-order valence-corrected chi connectivity index (χ0v) is 52.4. The number of hydrogen-bond donors (Lipinski definition) is 4. The van der Waals surface area contributed by atoms with Crippen molar-refractivity contribution in [3.8, 4) is 0 Å². The Hall–Kier alpha value is -1.31. The van der Waals surface area contributed by atoms with E-state index < -0.39 is 99.4 Å². The summed E-state index contributed by atoms with van der Waals surface area (Å²) >= 11 is 0. The molecule has 0 saturated carbocycles. The van der Waals surface area contributed by atoms with Crippen molar-refractivity contribution in [3.05, 3.63) is 117 Å². The first-order chi connectivity index (χ1) is 29.5. The summed E-state index contributed by atoms with van der Waals surface area (Å²) in [5.74, 6) is -1.76. The smallest absolute Gasteiger partial charge is 0.754 e. The molecule has 4 N–H and O–H groups in total. The Morgan fingerprint density at radius 3 is 1.46 bits per heavy atom. The normalized spacial score (nSPS) is 11.4. The van der Waals surface area contributed by atoms with E-state index in [4.69, 9.17) is 0 Å². The molecule has 6 aromatic carbocycles. The van der Waals surface area contributed by atoms with E-state index in [-0.39, 0.29) is 193 Å². The van der Waals surface area contributed by atoms with Crippen LogP contribution in [0.3, 0.4) is 0 Å². The van der Waals surface area contributed by atoms with E-state index in [1.807, 2.05) is 0 Å². The fraction of sp³-hybridized carbons (Fsp3) is 0.146. The summed E-state index contributed by atoms with van der Waals surface area (Å²) < 4.78 is 146. The molecule has 28 heteroatoms. The summed E-state index contributed by atoms with van der Waals surface area (Å²) in [7, 11) is -21.0. The van der Waals surface area contributed by atoms with Gasteiger partial charge < -0.3 is 39.5 Å². The molecule has 4 amide bonds. The zero-order valence-electron chi connectivity index (χ0n) is 39.1. The zero-order chi connectivity index (χ0) is 47.6. The third kappa shape index (κ3) is 14.5. The van der Waals surface area contributed by atoms with Gasteiger partial charge in [-0.05, 0) is 110 Å². The standard InChI is InChI=1S/C41H37N4O15S4.5Na/c1-19-14-27-32(62(52,53)54)13-11-29(37(27)34(15-19)64(58,59)60)42-39(46)26-18-30(21(3)16-20(26)2)44-41(48)45-38-23(5)17-22(4)35(24(38)6)40(47)43-28-10-12-31(61(49,50)51)25-8-7-9-33(36(25)28)63(55,56)57;;;;;/h8-18H,1-6H3,(H,42,46)(H,43,47)(H2,44,45,48)(H,49,50,51)(H,52,53,54)(H,55,56,57)(H,58,59,60);;;;;/q-1;5*+1/p-4. The van der Waals surface area contributed by atoms with Gasteiger partial charge in [0.1, 0.15) is 30.4 Å². The molecule has 0 fully saturated rings. The Bertz CT molecular complexity index is 3540. The molecular weight excluding hydrogens is 1030 g/mol. The monoisotopic (exact) mass is 1060 g/mol. The predicted octanol–water partition coefficient (Wildman–Crippen LogP) is -9.57. The van der Waals surface area contributed by atoms with Crippen molar-refractivity contribution in [2.24, 2.45) is 0 Å². The Labute approximate surface area is 509 Å². The molecule has 0 aliphatic carbocycles. The van der Waals surface area contributed by atoms with Gasteiger partial charge >= 0.3 is 154 Å². The Kier molecular flexibility index (Phi) is 23.6. The average molecular weight is 1060 g/mol. The van der Waals surface area contributed by atoms with Crippen molar-refractivity contribution >= 4 is 103 Å². The minimum atomic E-state index is -5.30. The number of carbonyl (C=O) groups excluding carboxylic acids is 3. The van der Waals surface area contributed by atoms with Gasteiger partial charge in [-0.2, -0.15) is 18.2 Å². The number of benzene rings is 6. The molecule has 0 bridgehead atoms. The van der Waals surface area contributed by atoms with E-state index in [0.717, 1.165) is 42.5 Å². The van der Waals surface area contributed by atoms with Crippen molar-refractivity contribution in [2.45, 2.75) is 61.1 Å². The third-order valence-corrected chi connectivity index (χ3v) is 13.7. The van der Waals surface area contributed by atoms with Crippen LogP contribution in [0.4, 0.5) is 27.5 Å². The van der Waals surface area contributed by atoms with Gasteiger partial charge in [-0.15, -0.1) is 5.39 Å². The third-order valence-electron chi connectivity index (χ3n) is 10.2. The number of rotatable bonds is 10. The molecule has 0 aromatic heterocycles. The van der Waals surface area contributed by atoms with Gasteiger partial charge in [-0.25, -0.2) is 30.0 Å². The Balaban J connectivity index is 0.00000476. The number of urea groups is 1. The molecular formula is C41H33N4Na5O15S4. The van der Waals surface area contributed by atoms with Crippen LogP contribution in [-0.4, -0.2) is 69.7 Å². The number of amides is 4. The maximum absolute atomic E-state index is 13.9. The molecule has 0 atom stereocenters. The topological polar surface area (TPSA) is 328 Å². The largest absolute Gasteiger partial charge is 1.00 e. The molecule has 336 valence electrons. The van der Waals surface area contributed by atoms with Crippen molar-refractivity contribution in [2.75, 3.05) is 21.3 Å². The van der Waals surface area contributed by atoms with E-state index in [1.165, 1.54) is 26.0 Å². The van der Waals surface area contributed by atoms with E-state index >= 15 is 0 Å². The first-order valence-electron chi connectivity index (χ1n) is 18.3. The molecule has 0 spiro atoms. The SMILES string of the molecule is Cc1cc(S(=O)(=O)[O-])c2c(NC(=O)c3cc(NC(=O)Nc4c(C)cc(C)c(C(=O)Nc5ccc(S(=O)(=O)[O-])c6c[c-]cc(S(=O)(=O)[O-])c56)c4C)c(C)cc3C)ccc(S(=O)(=O)[O-])c2c1.[Na+].[Na+].[Na+].[Na+].[Na+].